The number of rotatable bonds is 6. The van der Waals surface area contributed by atoms with Crippen molar-refractivity contribution in [1.29, 1.82) is 5.26 Å². The van der Waals surface area contributed by atoms with E-state index >= 15 is 0 Å². The zero-order valence-electron chi connectivity index (χ0n) is 12.1. The predicted octanol–water partition coefficient (Wildman–Crippen LogP) is 2.81. The lowest BCUT2D eigenvalue weighted by atomic mass is 10.1. The van der Waals surface area contributed by atoms with Gasteiger partial charge in [-0.1, -0.05) is 12.1 Å². The molecule has 0 radical (unpaired) electrons. The second-order valence-electron chi connectivity index (χ2n) is 5.34. The SMILES string of the molecule is CC(C)Oc1cccc(C(C#N)NCC2CCCO2)c1. The first-order valence-corrected chi connectivity index (χ1v) is 7.20. The molecule has 1 aromatic carbocycles. The fraction of sp³-hybridized carbons (Fsp3) is 0.562. The predicted molar refractivity (Wildman–Crippen MR) is 77.5 cm³/mol. The Morgan fingerprint density at radius 1 is 1.50 bits per heavy atom. The summed E-state index contributed by atoms with van der Waals surface area (Å²) >= 11 is 0. The van der Waals surface area contributed by atoms with Crippen LogP contribution >= 0.6 is 0 Å². The molecule has 1 aliphatic rings. The van der Waals surface area contributed by atoms with E-state index in [4.69, 9.17) is 9.47 Å². The highest BCUT2D eigenvalue weighted by Gasteiger charge is 2.18. The van der Waals surface area contributed by atoms with E-state index in [1.54, 1.807) is 0 Å². The highest BCUT2D eigenvalue weighted by Crippen LogP contribution is 2.20. The molecule has 0 saturated carbocycles. The van der Waals surface area contributed by atoms with Crippen LogP contribution in [0.2, 0.25) is 0 Å². The van der Waals surface area contributed by atoms with E-state index in [0.29, 0.717) is 6.54 Å². The minimum atomic E-state index is -0.324. The Kier molecular flexibility index (Phi) is 5.40. The zero-order chi connectivity index (χ0) is 14.4. The fourth-order valence-electron chi connectivity index (χ4n) is 2.33. The molecule has 1 heterocycles. The van der Waals surface area contributed by atoms with Crippen LogP contribution in [0.3, 0.4) is 0 Å². The summed E-state index contributed by atoms with van der Waals surface area (Å²) in [7, 11) is 0. The van der Waals surface area contributed by atoms with Gasteiger partial charge in [0.1, 0.15) is 11.8 Å². The van der Waals surface area contributed by atoms with Crippen molar-refractivity contribution in [1.82, 2.24) is 5.32 Å². The molecular weight excluding hydrogens is 252 g/mol. The summed E-state index contributed by atoms with van der Waals surface area (Å²) < 4.78 is 11.2. The first kappa shape index (κ1) is 14.8. The van der Waals surface area contributed by atoms with Crippen molar-refractivity contribution < 1.29 is 9.47 Å². The third-order valence-electron chi connectivity index (χ3n) is 3.27. The Bertz CT molecular complexity index is 462. The first-order chi connectivity index (χ1) is 9.69. The van der Waals surface area contributed by atoms with Gasteiger partial charge < -0.3 is 9.47 Å². The van der Waals surface area contributed by atoms with E-state index in [1.165, 1.54) is 0 Å². The largest absolute Gasteiger partial charge is 0.491 e. The number of hydrogen-bond acceptors (Lipinski definition) is 4. The second-order valence-corrected chi connectivity index (χ2v) is 5.34. The number of nitriles is 1. The van der Waals surface area contributed by atoms with Crippen molar-refractivity contribution in [3.63, 3.8) is 0 Å². The third-order valence-corrected chi connectivity index (χ3v) is 3.27. The maximum Gasteiger partial charge on any atom is 0.121 e. The summed E-state index contributed by atoms with van der Waals surface area (Å²) in [6.07, 6.45) is 2.55. The highest BCUT2D eigenvalue weighted by atomic mass is 16.5. The van der Waals surface area contributed by atoms with Crippen molar-refractivity contribution in [3.05, 3.63) is 29.8 Å². The van der Waals surface area contributed by atoms with Gasteiger partial charge in [0.25, 0.3) is 0 Å². The van der Waals surface area contributed by atoms with Crippen molar-refractivity contribution >= 4 is 0 Å². The first-order valence-electron chi connectivity index (χ1n) is 7.20. The summed E-state index contributed by atoms with van der Waals surface area (Å²) in [6.45, 7) is 5.53. The van der Waals surface area contributed by atoms with Crippen LogP contribution in [-0.2, 0) is 4.74 Å². The smallest absolute Gasteiger partial charge is 0.121 e. The molecule has 20 heavy (non-hydrogen) atoms. The number of nitrogens with zero attached hydrogens (tertiary/aromatic N) is 1. The molecule has 2 atom stereocenters. The Labute approximate surface area is 120 Å². The van der Waals surface area contributed by atoms with Crippen LogP contribution in [0.5, 0.6) is 5.75 Å². The number of ether oxygens (including phenoxy) is 2. The number of hydrogen-bond donors (Lipinski definition) is 1. The maximum atomic E-state index is 9.33. The van der Waals surface area contributed by atoms with E-state index in [0.717, 1.165) is 30.8 Å². The average Bonchev–Trinajstić information content (AvgIpc) is 2.92. The highest BCUT2D eigenvalue weighted by molar-refractivity contribution is 5.33. The van der Waals surface area contributed by atoms with E-state index in [2.05, 4.69) is 11.4 Å². The molecule has 0 aliphatic carbocycles. The molecule has 0 aromatic heterocycles. The van der Waals surface area contributed by atoms with Crippen LogP contribution < -0.4 is 10.1 Å². The molecular formula is C16H22N2O2. The van der Waals surface area contributed by atoms with Gasteiger partial charge in [-0.25, -0.2) is 0 Å². The van der Waals surface area contributed by atoms with Gasteiger partial charge >= 0.3 is 0 Å². The van der Waals surface area contributed by atoms with Gasteiger partial charge in [-0.2, -0.15) is 5.26 Å². The van der Waals surface area contributed by atoms with Crippen LogP contribution in [0.25, 0.3) is 0 Å². The molecule has 1 fully saturated rings. The van der Waals surface area contributed by atoms with Crippen LogP contribution in [0, 0.1) is 11.3 Å². The van der Waals surface area contributed by atoms with Crippen LogP contribution in [-0.4, -0.2) is 25.4 Å². The molecule has 1 saturated heterocycles. The van der Waals surface area contributed by atoms with Crippen molar-refractivity contribution in [3.8, 4) is 11.8 Å². The fourth-order valence-corrected chi connectivity index (χ4v) is 2.33. The van der Waals surface area contributed by atoms with Gasteiger partial charge in [-0.15, -0.1) is 0 Å². The van der Waals surface area contributed by atoms with Crippen LogP contribution in [0.15, 0.2) is 24.3 Å². The molecule has 2 unspecified atom stereocenters. The van der Waals surface area contributed by atoms with Crippen LogP contribution in [0.4, 0.5) is 0 Å². The van der Waals surface area contributed by atoms with E-state index in [1.807, 2.05) is 38.1 Å². The summed E-state index contributed by atoms with van der Waals surface area (Å²) in [5, 5.41) is 12.6. The monoisotopic (exact) mass is 274 g/mol. The molecule has 1 N–H and O–H groups in total. The summed E-state index contributed by atoms with van der Waals surface area (Å²) in [5.74, 6) is 0.802. The molecule has 4 heteroatoms. The summed E-state index contributed by atoms with van der Waals surface area (Å²) in [5.41, 5.74) is 0.934. The lowest BCUT2D eigenvalue weighted by Gasteiger charge is -2.17. The third kappa shape index (κ3) is 4.22. The van der Waals surface area contributed by atoms with E-state index < -0.39 is 0 Å². The summed E-state index contributed by atoms with van der Waals surface area (Å²) in [6, 6.07) is 9.69. The Hall–Kier alpha value is -1.57. The standard InChI is InChI=1S/C16H22N2O2/c1-12(2)20-14-6-3-5-13(9-14)16(10-17)18-11-15-7-4-8-19-15/h3,5-6,9,12,15-16,18H,4,7-8,11H2,1-2H3. The van der Waals surface area contributed by atoms with Crippen molar-refractivity contribution in [2.75, 3.05) is 13.2 Å². The van der Waals surface area contributed by atoms with Gasteiger partial charge in [0.05, 0.1) is 18.3 Å². The molecule has 1 aliphatic heterocycles. The Morgan fingerprint density at radius 2 is 2.35 bits per heavy atom. The van der Waals surface area contributed by atoms with Gasteiger partial charge in [0.15, 0.2) is 0 Å². The van der Waals surface area contributed by atoms with Crippen molar-refractivity contribution in [2.24, 2.45) is 0 Å². The van der Waals surface area contributed by atoms with Gasteiger partial charge in [-0.3, -0.25) is 5.32 Å². The van der Waals surface area contributed by atoms with Gasteiger partial charge in [0.2, 0.25) is 0 Å². The topological polar surface area (TPSA) is 54.3 Å². The quantitative estimate of drug-likeness (QED) is 0.866. The Morgan fingerprint density at radius 3 is 3.00 bits per heavy atom. The molecule has 4 nitrogen and oxygen atoms in total. The zero-order valence-corrected chi connectivity index (χ0v) is 12.1. The minimum Gasteiger partial charge on any atom is -0.491 e. The van der Waals surface area contributed by atoms with E-state index in [-0.39, 0.29) is 18.2 Å². The van der Waals surface area contributed by atoms with E-state index in [9.17, 15) is 5.26 Å². The lowest BCUT2D eigenvalue weighted by Crippen LogP contribution is -2.29. The number of nitrogens with one attached hydrogen (secondary N) is 1. The molecule has 0 bridgehead atoms. The average molecular weight is 274 g/mol. The number of benzene rings is 1. The Balaban J connectivity index is 1.97. The second kappa shape index (κ2) is 7.28. The molecule has 1 aromatic rings. The van der Waals surface area contributed by atoms with Crippen molar-refractivity contribution in [2.45, 2.75) is 44.9 Å². The summed E-state index contributed by atoms with van der Waals surface area (Å²) in [4.78, 5) is 0. The lowest BCUT2D eigenvalue weighted by molar-refractivity contribution is 0.109. The van der Waals surface area contributed by atoms with Gasteiger partial charge in [-0.05, 0) is 44.4 Å². The molecule has 0 spiro atoms. The maximum absolute atomic E-state index is 9.33. The van der Waals surface area contributed by atoms with Crippen LogP contribution in [0.1, 0.15) is 38.3 Å². The molecule has 2 rings (SSSR count). The minimum absolute atomic E-state index is 0.130. The molecule has 0 amide bonds. The molecule has 108 valence electrons. The van der Waals surface area contributed by atoms with Gasteiger partial charge in [0, 0.05) is 13.2 Å². The normalized spacial score (nSPS) is 19.8.